The van der Waals surface area contributed by atoms with Crippen molar-refractivity contribution in [3.05, 3.63) is 0 Å². The average Bonchev–Trinajstić information content (AvgIpc) is 2.59. The summed E-state index contributed by atoms with van der Waals surface area (Å²) in [5, 5.41) is 51.0. The molecule has 2 saturated heterocycles. The highest BCUT2D eigenvalue weighted by Gasteiger charge is 2.44. The summed E-state index contributed by atoms with van der Waals surface area (Å²) in [6, 6.07) is -16.2. The first-order valence-corrected chi connectivity index (χ1v) is 30.8. The quantitative estimate of drug-likeness (QED) is 0.0271. The number of nitrogens with two attached hydrogens (primary N) is 3. The Morgan fingerprint density at radius 3 is 1.37 bits per heavy atom. The van der Waals surface area contributed by atoms with E-state index in [1.807, 2.05) is 0 Å². The van der Waals surface area contributed by atoms with Crippen LogP contribution in [0.3, 0.4) is 0 Å². The molecule has 0 aromatic carbocycles. The van der Waals surface area contributed by atoms with E-state index in [0.717, 1.165) is 0 Å². The van der Waals surface area contributed by atoms with Gasteiger partial charge in [-0.1, -0.05) is 55.4 Å². The van der Waals surface area contributed by atoms with Gasteiger partial charge in [0.05, 0.1) is 12.5 Å². The van der Waals surface area contributed by atoms with Crippen molar-refractivity contribution in [2.24, 2.45) is 40.9 Å². The molecule has 0 aliphatic carbocycles. The minimum absolute atomic E-state index is 0.0317. The highest BCUT2D eigenvalue weighted by molar-refractivity contribution is 6.00. The predicted octanol–water partition coefficient (Wildman–Crippen LogP) is -3.08. The second-order valence-electron chi connectivity index (χ2n) is 24.6. The number of aliphatic carboxylic acids is 3. The standard InChI is InChI=1S/C58H98N14O18/c1-28(2)25-37(50(81)62-33(10)58(89)90)66-51(82)39(27-44(76)77)67-49(80)35(18-20-42(61)73)63-48(79)34(15-11-12-22-59)64-55(86)45(30(5)6)69-52(83)38(26-29(3)4)68-53(84)40-16-14-24-72(40)57(88)46(31(7)8)70-54(85)41-17-13-23-71(41)56(87)36(19-21-43(74)75)65-47(78)32(9)60/h28-41,45-46H,11-27,59-60H2,1-10H3,(H2,61,73)(H,62,81)(H,63,79)(H,64,86)(H,65,78)(H,66,82)(H,67,80)(H,68,84)(H,69,83)(H,70,85)(H,74,75)(H,76,77)(H,89,90)/t32-,33-,34-,35-,36-,37-,38-,39-,40-,41-,45-,46-/m0/s1. The molecule has 508 valence electrons. The summed E-state index contributed by atoms with van der Waals surface area (Å²) in [4.78, 5) is 202. The van der Waals surface area contributed by atoms with E-state index >= 15 is 0 Å². The van der Waals surface area contributed by atoms with Crippen LogP contribution in [0.15, 0.2) is 0 Å². The molecule has 2 rings (SSSR count). The van der Waals surface area contributed by atoms with Crippen LogP contribution in [0.4, 0.5) is 0 Å². The van der Waals surface area contributed by atoms with Gasteiger partial charge in [0.15, 0.2) is 0 Å². The number of rotatable bonds is 39. The third kappa shape index (κ3) is 25.8. The average molecular weight is 1280 g/mol. The van der Waals surface area contributed by atoms with Gasteiger partial charge in [-0.25, -0.2) is 0 Å². The first-order chi connectivity index (χ1) is 42.0. The fraction of sp³-hybridized carbons (Fsp3) is 0.741. The lowest BCUT2D eigenvalue weighted by molar-refractivity contribution is -0.145. The van der Waals surface area contributed by atoms with Crippen LogP contribution in [0.25, 0.3) is 0 Å². The van der Waals surface area contributed by atoms with Crippen LogP contribution < -0.4 is 65.1 Å². The maximum atomic E-state index is 14.5. The van der Waals surface area contributed by atoms with Gasteiger partial charge in [0.25, 0.3) is 0 Å². The predicted molar refractivity (Wildman–Crippen MR) is 323 cm³/mol. The largest absolute Gasteiger partial charge is 0.481 e. The maximum absolute atomic E-state index is 14.5. The number of hydrogen-bond acceptors (Lipinski definition) is 17. The highest BCUT2D eigenvalue weighted by atomic mass is 16.4. The maximum Gasteiger partial charge on any atom is 0.325 e. The SMILES string of the molecule is CC(C)C[C@H](NC(=O)[C@H](CC(=O)O)NC(=O)[C@H](CCC(N)=O)NC(=O)[C@H](CCCCN)NC(=O)[C@@H](NC(=O)[C@H](CC(C)C)NC(=O)[C@@H]1CCCN1C(=O)[C@@H](NC(=O)[C@@H]1CCCN1C(=O)[C@H](CCC(=O)O)NC(=O)[C@H](C)N)C(C)C)C(C)C)C(=O)N[C@@H](C)C(=O)O. The van der Waals surface area contributed by atoms with Crippen LogP contribution in [0.2, 0.25) is 0 Å². The number of likely N-dealkylation sites (tertiary alicyclic amines) is 2. The number of carbonyl (C=O) groups excluding carboxylic acids is 12. The van der Waals surface area contributed by atoms with Crippen LogP contribution >= 0.6 is 0 Å². The molecule has 12 amide bonds. The third-order valence-electron chi connectivity index (χ3n) is 15.1. The van der Waals surface area contributed by atoms with Crippen molar-refractivity contribution in [1.82, 2.24) is 57.7 Å². The van der Waals surface area contributed by atoms with Crippen molar-refractivity contribution in [3.63, 3.8) is 0 Å². The monoisotopic (exact) mass is 1280 g/mol. The van der Waals surface area contributed by atoms with Gasteiger partial charge in [0.1, 0.15) is 66.5 Å². The van der Waals surface area contributed by atoms with Crippen molar-refractivity contribution >= 4 is 88.8 Å². The minimum atomic E-state index is -1.89. The number of amides is 12. The van der Waals surface area contributed by atoms with Gasteiger partial charge < -0.3 is 90.2 Å². The highest BCUT2D eigenvalue weighted by Crippen LogP contribution is 2.24. The number of unbranched alkanes of at least 4 members (excludes halogenated alkanes) is 1. The number of carboxylic acid groups (broad SMARTS) is 3. The van der Waals surface area contributed by atoms with Crippen molar-refractivity contribution in [2.45, 2.75) is 232 Å². The fourth-order valence-electron chi connectivity index (χ4n) is 10.2. The second kappa shape index (κ2) is 37.8. The molecular formula is C58H98N14O18. The molecule has 90 heavy (non-hydrogen) atoms. The Bertz CT molecular complexity index is 2570. The van der Waals surface area contributed by atoms with Gasteiger partial charge >= 0.3 is 17.9 Å². The zero-order chi connectivity index (χ0) is 68.4. The molecule has 0 radical (unpaired) electrons. The lowest BCUT2D eigenvalue weighted by Crippen LogP contribution is -2.61. The molecule has 2 heterocycles. The molecule has 2 fully saturated rings. The molecule has 0 aromatic heterocycles. The first kappa shape index (κ1) is 78.1. The van der Waals surface area contributed by atoms with E-state index in [4.69, 9.17) is 17.2 Å². The molecule has 12 atom stereocenters. The molecule has 0 bridgehead atoms. The Hall–Kier alpha value is -8.03. The van der Waals surface area contributed by atoms with E-state index in [1.165, 1.54) is 23.6 Å². The zero-order valence-electron chi connectivity index (χ0n) is 53.4. The number of carbonyl (C=O) groups is 15. The Morgan fingerprint density at radius 1 is 0.456 bits per heavy atom. The Labute approximate surface area is 524 Å². The number of nitrogens with zero attached hydrogens (tertiary/aromatic N) is 2. The van der Waals surface area contributed by atoms with Gasteiger partial charge in [-0.05, 0) is 115 Å². The van der Waals surface area contributed by atoms with Gasteiger partial charge in [-0.3, -0.25) is 71.9 Å². The van der Waals surface area contributed by atoms with E-state index in [1.54, 1.807) is 55.4 Å². The van der Waals surface area contributed by atoms with Crippen LogP contribution in [0.1, 0.15) is 159 Å². The Morgan fingerprint density at radius 2 is 0.889 bits per heavy atom. The summed E-state index contributed by atoms with van der Waals surface area (Å²) < 4.78 is 0. The topological polar surface area (TPSA) is 510 Å². The number of hydrogen-bond donors (Lipinski definition) is 15. The normalized spacial score (nSPS) is 18.1. The van der Waals surface area contributed by atoms with Crippen molar-refractivity contribution in [1.29, 1.82) is 0 Å². The van der Waals surface area contributed by atoms with Crippen molar-refractivity contribution in [2.75, 3.05) is 19.6 Å². The molecule has 2 aliphatic rings. The third-order valence-corrected chi connectivity index (χ3v) is 15.1. The van der Waals surface area contributed by atoms with Crippen LogP contribution in [-0.2, 0) is 71.9 Å². The van der Waals surface area contributed by atoms with Crippen molar-refractivity contribution < 1.29 is 87.2 Å². The molecule has 2 aliphatic heterocycles. The lowest BCUT2D eigenvalue weighted by Gasteiger charge is -2.33. The molecular weight excluding hydrogens is 1180 g/mol. The second-order valence-corrected chi connectivity index (χ2v) is 24.6. The Kier molecular flexibility index (Phi) is 32.8. The number of nitrogens with one attached hydrogen (secondary N) is 9. The first-order valence-electron chi connectivity index (χ1n) is 30.8. The molecule has 18 N–H and O–H groups in total. The fourth-order valence-corrected chi connectivity index (χ4v) is 10.2. The number of carboxylic acids is 3. The summed E-state index contributed by atoms with van der Waals surface area (Å²) in [7, 11) is 0. The van der Waals surface area contributed by atoms with E-state index in [2.05, 4.69) is 47.9 Å². The van der Waals surface area contributed by atoms with E-state index in [9.17, 15) is 87.2 Å². The van der Waals surface area contributed by atoms with E-state index in [-0.39, 0.29) is 76.4 Å². The van der Waals surface area contributed by atoms with Gasteiger partial charge in [-0.15, -0.1) is 0 Å². The molecule has 0 aromatic rings. The van der Waals surface area contributed by atoms with Crippen LogP contribution in [0, 0.1) is 23.7 Å². The van der Waals surface area contributed by atoms with Gasteiger partial charge in [0, 0.05) is 25.9 Å². The van der Waals surface area contributed by atoms with E-state index < -0.39 is 199 Å². The molecule has 32 heteroatoms. The van der Waals surface area contributed by atoms with Crippen LogP contribution in [0.5, 0.6) is 0 Å². The summed E-state index contributed by atoms with van der Waals surface area (Å²) >= 11 is 0. The van der Waals surface area contributed by atoms with E-state index in [0.29, 0.717) is 19.3 Å². The molecule has 32 nitrogen and oxygen atoms in total. The summed E-state index contributed by atoms with van der Waals surface area (Å²) in [6.07, 6.45) is -1.12. The molecule has 0 spiro atoms. The van der Waals surface area contributed by atoms with Crippen molar-refractivity contribution in [3.8, 4) is 0 Å². The number of primary amides is 1. The van der Waals surface area contributed by atoms with Crippen LogP contribution in [-0.4, -0.2) is 206 Å². The van der Waals surface area contributed by atoms with Gasteiger partial charge in [-0.2, -0.15) is 0 Å². The Balaban J connectivity index is 2.39. The lowest BCUT2D eigenvalue weighted by atomic mass is 9.98. The minimum Gasteiger partial charge on any atom is -0.481 e. The summed E-state index contributed by atoms with van der Waals surface area (Å²) in [5.74, 6) is -16.1. The zero-order valence-corrected chi connectivity index (χ0v) is 53.4. The summed E-state index contributed by atoms with van der Waals surface area (Å²) in [6.45, 7) is 16.5. The molecule has 0 unspecified atom stereocenters. The van der Waals surface area contributed by atoms with Gasteiger partial charge in [0.2, 0.25) is 70.9 Å². The smallest absolute Gasteiger partial charge is 0.325 e. The molecule has 0 saturated carbocycles. The summed E-state index contributed by atoms with van der Waals surface area (Å²) in [5.41, 5.74) is 16.9.